The minimum absolute atomic E-state index is 0.108. The van der Waals surface area contributed by atoms with Gasteiger partial charge < -0.3 is 15.7 Å². The number of aromatic nitrogens is 2. The molecular formula is C23H23N5O. The molecule has 0 bridgehead atoms. The first-order valence-corrected chi connectivity index (χ1v) is 9.38. The zero-order chi connectivity index (χ0) is 20.5. The zero-order valence-electron chi connectivity index (χ0n) is 16.4. The van der Waals surface area contributed by atoms with Crippen LogP contribution >= 0.6 is 0 Å². The van der Waals surface area contributed by atoms with Crippen molar-refractivity contribution in [3.05, 3.63) is 89.2 Å². The molecule has 0 saturated carbocycles. The molecule has 0 saturated heterocycles. The van der Waals surface area contributed by atoms with Crippen LogP contribution in [0.3, 0.4) is 0 Å². The molecule has 0 aliphatic rings. The van der Waals surface area contributed by atoms with E-state index in [9.17, 15) is 4.79 Å². The van der Waals surface area contributed by atoms with Gasteiger partial charge in [-0.2, -0.15) is 0 Å². The standard InChI is InChI=1S/C23H23N5O/c1-15-4-3-5-16(10-15)13-26-23(29)20-14-27(2)21-7-6-17(11-19(20)21)18-8-9-28(25)22(24)12-18/h3-12,14,24H,13,25H2,1-2H3,(H,26,29). The Hall–Kier alpha value is -3.80. The van der Waals surface area contributed by atoms with Crippen molar-refractivity contribution in [2.45, 2.75) is 13.5 Å². The first-order chi connectivity index (χ1) is 13.9. The second-order valence-corrected chi connectivity index (χ2v) is 7.27. The predicted molar refractivity (Wildman–Crippen MR) is 115 cm³/mol. The van der Waals surface area contributed by atoms with Gasteiger partial charge in [0.2, 0.25) is 0 Å². The molecule has 146 valence electrons. The van der Waals surface area contributed by atoms with Crippen molar-refractivity contribution in [2.75, 3.05) is 5.84 Å². The number of pyridine rings is 1. The lowest BCUT2D eigenvalue weighted by atomic mass is 10.0. The average molecular weight is 385 g/mol. The first kappa shape index (κ1) is 18.6. The Kier molecular flexibility index (Phi) is 4.68. The van der Waals surface area contributed by atoms with Crippen molar-refractivity contribution < 1.29 is 4.79 Å². The van der Waals surface area contributed by atoms with Crippen LogP contribution in [0.4, 0.5) is 0 Å². The number of nitrogen functional groups attached to an aromatic ring is 1. The van der Waals surface area contributed by atoms with Crippen molar-refractivity contribution in [1.29, 1.82) is 5.41 Å². The van der Waals surface area contributed by atoms with E-state index in [4.69, 9.17) is 11.3 Å². The van der Waals surface area contributed by atoms with Crippen LogP contribution < -0.4 is 16.6 Å². The highest BCUT2D eigenvalue weighted by molar-refractivity contribution is 6.07. The summed E-state index contributed by atoms with van der Waals surface area (Å²) in [5, 5.41) is 11.8. The fourth-order valence-electron chi connectivity index (χ4n) is 3.54. The number of carbonyl (C=O) groups is 1. The summed E-state index contributed by atoms with van der Waals surface area (Å²) in [6.45, 7) is 2.52. The molecule has 6 heteroatoms. The molecule has 0 aliphatic carbocycles. The minimum Gasteiger partial charge on any atom is -0.350 e. The van der Waals surface area contributed by atoms with Crippen LogP contribution in [0.2, 0.25) is 0 Å². The van der Waals surface area contributed by atoms with Gasteiger partial charge in [-0.25, -0.2) is 0 Å². The monoisotopic (exact) mass is 385 g/mol. The molecule has 4 aromatic rings. The quantitative estimate of drug-likeness (QED) is 0.471. The van der Waals surface area contributed by atoms with E-state index in [0.29, 0.717) is 12.1 Å². The summed E-state index contributed by atoms with van der Waals surface area (Å²) in [7, 11) is 1.93. The van der Waals surface area contributed by atoms with Crippen LogP contribution in [0.15, 0.2) is 67.0 Å². The maximum absolute atomic E-state index is 12.9. The Morgan fingerprint density at radius 3 is 2.66 bits per heavy atom. The topological polar surface area (TPSA) is 88.8 Å². The van der Waals surface area contributed by atoms with Crippen molar-refractivity contribution in [1.82, 2.24) is 14.6 Å². The predicted octanol–water partition coefficient (Wildman–Crippen LogP) is 3.08. The number of nitrogens with two attached hydrogens (primary N) is 1. The van der Waals surface area contributed by atoms with E-state index in [1.165, 1.54) is 10.2 Å². The van der Waals surface area contributed by atoms with Crippen molar-refractivity contribution in [2.24, 2.45) is 7.05 Å². The second-order valence-electron chi connectivity index (χ2n) is 7.27. The Labute approximate surface area is 168 Å². The Morgan fingerprint density at radius 2 is 1.90 bits per heavy atom. The van der Waals surface area contributed by atoms with Crippen molar-refractivity contribution in [3.63, 3.8) is 0 Å². The van der Waals surface area contributed by atoms with Crippen LogP contribution in [-0.2, 0) is 13.6 Å². The number of hydrogen-bond donors (Lipinski definition) is 3. The van der Waals surface area contributed by atoms with Crippen LogP contribution in [0.25, 0.3) is 22.0 Å². The van der Waals surface area contributed by atoms with E-state index >= 15 is 0 Å². The normalized spacial score (nSPS) is 11.0. The van der Waals surface area contributed by atoms with Gasteiger partial charge in [-0.15, -0.1) is 0 Å². The SMILES string of the molecule is Cc1cccc(CNC(=O)c2cn(C)c3ccc(-c4ccn(N)c(=N)c4)cc23)c1. The molecule has 0 fully saturated rings. The molecule has 1 amide bonds. The Balaban J connectivity index is 1.67. The Bertz CT molecular complexity index is 1280. The summed E-state index contributed by atoms with van der Waals surface area (Å²) in [5.74, 6) is 5.58. The number of nitrogens with one attached hydrogen (secondary N) is 2. The molecule has 4 N–H and O–H groups in total. The van der Waals surface area contributed by atoms with Gasteiger partial charge in [0.1, 0.15) is 5.49 Å². The van der Waals surface area contributed by atoms with Gasteiger partial charge >= 0.3 is 0 Å². The van der Waals surface area contributed by atoms with Crippen LogP contribution in [0, 0.1) is 12.3 Å². The summed E-state index contributed by atoms with van der Waals surface area (Å²) in [5.41, 5.74) is 5.88. The maximum atomic E-state index is 12.9. The lowest BCUT2D eigenvalue weighted by molar-refractivity contribution is 0.0952. The maximum Gasteiger partial charge on any atom is 0.253 e. The fourth-order valence-corrected chi connectivity index (χ4v) is 3.54. The van der Waals surface area contributed by atoms with Gasteiger partial charge in [-0.05, 0) is 47.9 Å². The molecule has 0 atom stereocenters. The molecule has 4 rings (SSSR count). The molecule has 0 radical (unpaired) electrons. The van der Waals surface area contributed by atoms with Gasteiger partial charge in [0.05, 0.1) is 5.56 Å². The largest absolute Gasteiger partial charge is 0.350 e. The number of benzene rings is 2. The Morgan fingerprint density at radius 1 is 1.10 bits per heavy atom. The molecular weight excluding hydrogens is 362 g/mol. The molecule has 0 aliphatic heterocycles. The van der Waals surface area contributed by atoms with Gasteiger partial charge in [-0.1, -0.05) is 35.9 Å². The van der Waals surface area contributed by atoms with Gasteiger partial charge in [0.15, 0.2) is 0 Å². The summed E-state index contributed by atoms with van der Waals surface area (Å²) in [6, 6.07) is 17.7. The molecule has 2 aromatic heterocycles. The lowest BCUT2D eigenvalue weighted by Gasteiger charge is -2.07. The van der Waals surface area contributed by atoms with Crippen LogP contribution in [-0.4, -0.2) is 15.2 Å². The molecule has 29 heavy (non-hydrogen) atoms. The van der Waals surface area contributed by atoms with Crippen LogP contribution in [0.5, 0.6) is 0 Å². The molecule has 6 nitrogen and oxygen atoms in total. The number of nitrogens with zero attached hydrogens (tertiary/aromatic N) is 2. The van der Waals surface area contributed by atoms with E-state index in [1.54, 1.807) is 12.3 Å². The van der Waals surface area contributed by atoms with Gasteiger partial charge in [-0.3, -0.25) is 14.9 Å². The highest BCUT2D eigenvalue weighted by Crippen LogP contribution is 2.27. The highest BCUT2D eigenvalue weighted by atomic mass is 16.1. The van der Waals surface area contributed by atoms with Gasteiger partial charge in [0.25, 0.3) is 5.91 Å². The van der Waals surface area contributed by atoms with E-state index in [1.807, 2.05) is 67.2 Å². The third-order valence-corrected chi connectivity index (χ3v) is 5.09. The molecule has 0 spiro atoms. The average Bonchev–Trinajstić information content (AvgIpc) is 3.04. The highest BCUT2D eigenvalue weighted by Gasteiger charge is 2.15. The van der Waals surface area contributed by atoms with E-state index in [0.717, 1.165) is 27.6 Å². The summed E-state index contributed by atoms with van der Waals surface area (Å²) < 4.78 is 3.21. The third-order valence-electron chi connectivity index (χ3n) is 5.09. The van der Waals surface area contributed by atoms with Crippen molar-refractivity contribution >= 4 is 16.8 Å². The smallest absolute Gasteiger partial charge is 0.253 e. The number of aryl methyl sites for hydroxylation is 2. The number of carbonyl (C=O) groups excluding carboxylic acids is 1. The fraction of sp³-hybridized carbons (Fsp3) is 0.130. The van der Waals surface area contributed by atoms with E-state index in [-0.39, 0.29) is 11.4 Å². The number of fused-ring (bicyclic) bond motifs is 1. The first-order valence-electron chi connectivity index (χ1n) is 9.38. The summed E-state index contributed by atoms with van der Waals surface area (Å²) in [6.07, 6.45) is 3.51. The number of amides is 1. The second kappa shape index (κ2) is 7.31. The van der Waals surface area contributed by atoms with E-state index < -0.39 is 0 Å². The third kappa shape index (κ3) is 3.65. The molecule has 0 unspecified atom stereocenters. The van der Waals surface area contributed by atoms with Crippen molar-refractivity contribution in [3.8, 4) is 11.1 Å². The number of hydrogen-bond acceptors (Lipinski definition) is 3. The minimum atomic E-state index is -0.108. The molecule has 2 aromatic carbocycles. The zero-order valence-corrected chi connectivity index (χ0v) is 16.4. The van der Waals surface area contributed by atoms with Gasteiger partial charge in [0, 0.05) is 36.9 Å². The summed E-state index contributed by atoms with van der Waals surface area (Å²) >= 11 is 0. The lowest BCUT2D eigenvalue weighted by Crippen LogP contribution is -2.25. The summed E-state index contributed by atoms with van der Waals surface area (Å²) in [4.78, 5) is 12.9. The number of rotatable bonds is 4. The van der Waals surface area contributed by atoms with Crippen LogP contribution in [0.1, 0.15) is 21.5 Å². The molecule has 2 heterocycles. The van der Waals surface area contributed by atoms with E-state index in [2.05, 4.69) is 11.4 Å².